The zero-order valence-electron chi connectivity index (χ0n) is 12.3. The van der Waals surface area contributed by atoms with Gasteiger partial charge in [0.25, 0.3) is 5.91 Å². The lowest BCUT2D eigenvalue weighted by Crippen LogP contribution is -2.47. The third-order valence-corrected chi connectivity index (χ3v) is 3.65. The summed E-state index contributed by atoms with van der Waals surface area (Å²) in [6, 6.07) is 18.1. The molecule has 2 aromatic rings. The quantitative estimate of drug-likeness (QED) is 0.692. The molecular formula is C17H17N3O2. The molecule has 5 nitrogen and oxygen atoms in total. The Hall–Kier alpha value is -2.66. The Morgan fingerprint density at radius 2 is 1.59 bits per heavy atom. The molecule has 0 aromatic heterocycles. The lowest BCUT2D eigenvalue weighted by atomic mass is 10.2. The molecule has 1 aliphatic heterocycles. The molecule has 5 heteroatoms. The number of hydrazine groups is 1. The molecule has 3 rings (SSSR count). The molecule has 0 spiro atoms. The van der Waals surface area contributed by atoms with Crippen LogP contribution >= 0.6 is 0 Å². The van der Waals surface area contributed by atoms with Gasteiger partial charge in [-0.1, -0.05) is 36.4 Å². The largest absolute Gasteiger partial charge is 0.311 e. The number of nitrogens with one attached hydrogen (secondary N) is 1. The van der Waals surface area contributed by atoms with Crippen molar-refractivity contribution in [2.45, 2.75) is 12.5 Å². The lowest BCUT2D eigenvalue weighted by Gasteiger charge is -2.23. The van der Waals surface area contributed by atoms with E-state index >= 15 is 0 Å². The van der Waals surface area contributed by atoms with E-state index < -0.39 is 6.04 Å². The second-order valence-electron chi connectivity index (χ2n) is 5.18. The van der Waals surface area contributed by atoms with Crippen LogP contribution in [0.3, 0.4) is 0 Å². The Morgan fingerprint density at radius 1 is 1.00 bits per heavy atom. The smallest absolute Gasteiger partial charge is 0.253 e. The number of anilines is 2. The fraction of sp³-hybridized carbons (Fsp3) is 0.176. The van der Waals surface area contributed by atoms with E-state index in [1.807, 2.05) is 55.6 Å². The van der Waals surface area contributed by atoms with Gasteiger partial charge in [-0.15, -0.1) is 0 Å². The van der Waals surface area contributed by atoms with E-state index in [9.17, 15) is 9.59 Å². The van der Waals surface area contributed by atoms with E-state index in [4.69, 9.17) is 0 Å². The molecule has 0 aliphatic carbocycles. The minimum absolute atomic E-state index is 0.158. The van der Waals surface area contributed by atoms with Crippen molar-refractivity contribution in [1.29, 1.82) is 0 Å². The molecule has 1 atom stereocenters. The highest BCUT2D eigenvalue weighted by Crippen LogP contribution is 2.23. The SMILES string of the molecule is CN(N[C@H]1CC(=O)N(c2ccccc2)C1=O)c1ccccc1. The average Bonchev–Trinajstić information content (AvgIpc) is 2.83. The first-order valence-electron chi connectivity index (χ1n) is 7.13. The summed E-state index contributed by atoms with van der Waals surface area (Å²) < 4.78 is 0. The van der Waals surface area contributed by atoms with Crippen molar-refractivity contribution in [3.8, 4) is 0 Å². The van der Waals surface area contributed by atoms with Crippen LogP contribution in [0.15, 0.2) is 60.7 Å². The number of hydrogen-bond acceptors (Lipinski definition) is 4. The fourth-order valence-corrected chi connectivity index (χ4v) is 2.54. The van der Waals surface area contributed by atoms with Gasteiger partial charge in [-0.3, -0.25) is 9.59 Å². The molecule has 2 amide bonds. The van der Waals surface area contributed by atoms with Crippen LogP contribution in [0.4, 0.5) is 11.4 Å². The highest BCUT2D eigenvalue weighted by molar-refractivity contribution is 6.22. The van der Waals surface area contributed by atoms with Crippen molar-refractivity contribution >= 4 is 23.2 Å². The van der Waals surface area contributed by atoms with Gasteiger partial charge in [-0.05, 0) is 24.3 Å². The zero-order valence-corrected chi connectivity index (χ0v) is 12.3. The Labute approximate surface area is 129 Å². The Morgan fingerprint density at radius 3 is 2.23 bits per heavy atom. The van der Waals surface area contributed by atoms with Crippen molar-refractivity contribution in [3.05, 3.63) is 60.7 Å². The average molecular weight is 295 g/mol. The van der Waals surface area contributed by atoms with Crippen molar-refractivity contribution in [1.82, 2.24) is 5.43 Å². The number of para-hydroxylation sites is 2. The molecule has 1 heterocycles. The van der Waals surface area contributed by atoms with E-state index in [2.05, 4.69) is 5.43 Å². The monoisotopic (exact) mass is 295 g/mol. The number of amides is 2. The minimum atomic E-state index is -0.544. The minimum Gasteiger partial charge on any atom is -0.311 e. The summed E-state index contributed by atoms with van der Waals surface area (Å²) in [4.78, 5) is 25.9. The van der Waals surface area contributed by atoms with Gasteiger partial charge in [0, 0.05) is 7.05 Å². The van der Waals surface area contributed by atoms with E-state index in [1.165, 1.54) is 4.90 Å². The summed E-state index contributed by atoms with van der Waals surface area (Å²) in [5, 5.41) is 1.77. The third kappa shape index (κ3) is 2.71. The van der Waals surface area contributed by atoms with Gasteiger partial charge >= 0.3 is 0 Å². The van der Waals surface area contributed by atoms with Crippen LogP contribution in [0.2, 0.25) is 0 Å². The molecule has 1 fully saturated rings. The summed E-state index contributed by atoms with van der Waals surface area (Å²) in [5.41, 5.74) is 4.64. The molecule has 1 aliphatic rings. The second kappa shape index (κ2) is 5.99. The Kier molecular flexibility index (Phi) is 3.89. The van der Waals surface area contributed by atoms with E-state index in [0.717, 1.165) is 5.69 Å². The van der Waals surface area contributed by atoms with E-state index in [0.29, 0.717) is 5.69 Å². The normalized spacial score (nSPS) is 17.9. The third-order valence-electron chi connectivity index (χ3n) is 3.65. The molecule has 22 heavy (non-hydrogen) atoms. The molecule has 1 N–H and O–H groups in total. The van der Waals surface area contributed by atoms with Crippen LogP contribution in [-0.4, -0.2) is 24.9 Å². The maximum absolute atomic E-state index is 12.5. The number of imide groups is 1. The van der Waals surface area contributed by atoms with Gasteiger partial charge in [0.1, 0.15) is 6.04 Å². The number of benzene rings is 2. The predicted molar refractivity (Wildman–Crippen MR) is 85.3 cm³/mol. The Balaban J connectivity index is 1.74. The van der Waals surface area contributed by atoms with Crippen LogP contribution in [0.5, 0.6) is 0 Å². The lowest BCUT2D eigenvalue weighted by molar-refractivity contribution is -0.121. The second-order valence-corrected chi connectivity index (χ2v) is 5.18. The first kappa shape index (κ1) is 14.3. The van der Waals surface area contributed by atoms with Crippen molar-refractivity contribution in [2.24, 2.45) is 0 Å². The van der Waals surface area contributed by atoms with Crippen molar-refractivity contribution in [3.63, 3.8) is 0 Å². The maximum Gasteiger partial charge on any atom is 0.253 e. The summed E-state index contributed by atoms with van der Waals surface area (Å²) in [5.74, 6) is -0.408. The molecule has 0 bridgehead atoms. The molecule has 0 saturated carbocycles. The van der Waals surface area contributed by atoms with Gasteiger partial charge in [0.15, 0.2) is 0 Å². The van der Waals surface area contributed by atoms with Gasteiger partial charge < -0.3 is 5.01 Å². The van der Waals surface area contributed by atoms with E-state index in [1.54, 1.807) is 17.1 Å². The molecule has 0 unspecified atom stereocenters. The highest BCUT2D eigenvalue weighted by atomic mass is 16.2. The molecule has 2 aromatic carbocycles. The first-order valence-corrected chi connectivity index (χ1v) is 7.13. The first-order chi connectivity index (χ1) is 10.7. The van der Waals surface area contributed by atoms with Crippen LogP contribution in [-0.2, 0) is 9.59 Å². The van der Waals surface area contributed by atoms with Crippen LogP contribution in [0.1, 0.15) is 6.42 Å². The molecule has 112 valence electrons. The zero-order chi connectivity index (χ0) is 15.5. The number of nitrogens with zero attached hydrogens (tertiary/aromatic N) is 2. The van der Waals surface area contributed by atoms with Crippen molar-refractivity contribution in [2.75, 3.05) is 17.0 Å². The number of rotatable bonds is 4. The summed E-state index contributed by atoms with van der Waals surface area (Å²) >= 11 is 0. The summed E-state index contributed by atoms with van der Waals surface area (Å²) in [6.45, 7) is 0. The number of carbonyl (C=O) groups is 2. The number of carbonyl (C=O) groups excluding carboxylic acids is 2. The Bertz CT molecular complexity index is 673. The highest BCUT2D eigenvalue weighted by Gasteiger charge is 2.40. The van der Waals surface area contributed by atoms with Gasteiger partial charge in [-0.25, -0.2) is 10.3 Å². The summed E-state index contributed by atoms with van der Waals surface area (Å²) in [7, 11) is 1.83. The van der Waals surface area contributed by atoms with Crippen LogP contribution < -0.4 is 15.3 Å². The fourth-order valence-electron chi connectivity index (χ4n) is 2.54. The summed E-state index contributed by atoms with van der Waals surface area (Å²) in [6.07, 6.45) is 0.158. The van der Waals surface area contributed by atoms with Crippen LogP contribution in [0, 0.1) is 0 Å². The molecular weight excluding hydrogens is 278 g/mol. The standard InChI is InChI=1S/C17H17N3O2/c1-19(13-8-4-2-5-9-13)18-15-12-16(21)20(17(15)22)14-10-6-3-7-11-14/h2-11,15,18H,12H2,1H3/t15-/m0/s1. The molecule has 1 saturated heterocycles. The topological polar surface area (TPSA) is 52.7 Å². The van der Waals surface area contributed by atoms with Crippen molar-refractivity contribution < 1.29 is 9.59 Å². The number of hydrogen-bond donors (Lipinski definition) is 1. The van der Waals surface area contributed by atoms with Gasteiger partial charge in [0.2, 0.25) is 5.91 Å². The molecule has 0 radical (unpaired) electrons. The van der Waals surface area contributed by atoms with Gasteiger partial charge in [0.05, 0.1) is 17.8 Å². The van der Waals surface area contributed by atoms with E-state index in [-0.39, 0.29) is 18.2 Å². The van der Waals surface area contributed by atoms with Gasteiger partial charge in [-0.2, -0.15) is 0 Å². The van der Waals surface area contributed by atoms with Crippen LogP contribution in [0.25, 0.3) is 0 Å². The predicted octanol–water partition coefficient (Wildman–Crippen LogP) is 1.96. The maximum atomic E-state index is 12.5.